The van der Waals surface area contributed by atoms with Crippen LogP contribution in [0.25, 0.3) is 0 Å². The molecule has 0 aliphatic carbocycles. The van der Waals surface area contributed by atoms with Crippen LogP contribution < -0.4 is 0 Å². The predicted molar refractivity (Wildman–Crippen MR) is 53.7 cm³/mol. The van der Waals surface area contributed by atoms with Crippen LogP contribution in [0, 0.1) is 13.1 Å². The number of rotatable bonds is 4. The van der Waals surface area contributed by atoms with E-state index in [2.05, 4.69) is 11.3 Å². The second-order valence-electron chi connectivity index (χ2n) is 3.19. The molecule has 0 spiro atoms. The summed E-state index contributed by atoms with van der Waals surface area (Å²) in [6.07, 6.45) is 4.61. The third kappa shape index (κ3) is 2.58. The van der Waals surface area contributed by atoms with Crippen LogP contribution in [0.2, 0.25) is 0 Å². The number of nitrogens with zero attached hydrogens (tertiary/aromatic N) is 3. The molecule has 14 heavy (non-hydrogen) atoms. The number of aryl methyl sites for hydroxylation is 1. The highest BCUT2D eigenvalue weighted by atomic mass is 16.2. The first-order valence-electron chi connectivity index (χ1n) is 4.86. The zero-order valence-corrected chi connectivity index (χ0v) is 8.95. The molecule has 0 aliphatic rings. The standard InChI is InChI=1S/C10H16N3O/c1-4-12(5-2)10(14)8-13-7-9(3)6-11-13/h7H,4-5,8H2,1-3H3. The Bertz CT molecular complexity index is 302. The second-order valence-corrected chi connectivity index (χ2v) is 3.19. The van der Waals surface area contributed by atoms with E-state index in [4.69, 9.17) is 0 Å². The minimum Gasteiger partial charge on any atom is -0.342 e. The quantitative estimate of drug-likeness (QED) is 0.713. The van der Waals surface area contributed by atoms with Gasteiger partial charge in [-0.2, -0.15) is 5.10 Å². The summed E-state index contributed by atoms with van der Waals surface area (Å²) in [5.41, 5.74) is 0.956. The van der Waals surface area contributed by atoms with Gasteiger partial charge in [0.05, 0.1) is 0 Å². The zero-order chi connectivity index (χ0) is 10.6. The van der Waals surface area contributed by atoms with Crippen LogP contribution in [-0.4, -0.2) is 33.7 Å². The molecule has 4 nitrogen and oxygen atoms in total. The lowest BCUT2D eigenvalue weighted by Crippen LogP contribution is -2.33. The van der Waals surface area contributed by atoms with Gasteiger partial charge in [-0.05, 0) is 26.3 Å². The molecule has 0 N–H and O–H groups in total. The maximum absolute atomic E-state index is 11.6. The Morgan fingerprint density at radius 3 is 2.64 bits per heavy atom. The summed E-state index contributed by atoms with van der Waals surface area (Å²) in [4.78, 5) is 13.4. The third-order valence-corrected chi connectivity index (χ3v) is 2.11. The Balaban J connectivity index is 2.56. The Kier molecular flexibility index (Phi) is 3.68. The van der Waals surface area contributed by atoms with E-state index >= 15 is 0 Å². The van der Waals surface area contributed by atoms with Crippen molar-refractivity contribution >= 4 is 5.91 Å². The highest BCUT2D eigenvalue weighted by Crippen LogP contribution is 1.96. The largest absolute Gasteiger partial charge is 0.342 e. The van der Waals surface area contributed by atoms with Gasteiger partial charge in [0.2, 0.25) is 5.91 Å². The molecule has 0 aliphatic heterocycles. The van der Waals surface area contributed by atoms with Gasteiger partial charge in [0, 0.05) is 19.3 Å². The van der Waals surface area contributed by atoms with Crippen LogP contribution in [-0.2, 0) is 11.3 Å². The maximum atomic E-state index is 11.6. The minimum atomic E-state index is 0.103. The van der Waals surface area contributed by atoms with Gasteiger partial charge >= 0.3 is 0 Å². The van der Waals surface area contributed by atoms with E-state index in [1.54, 1.807) is 9.58 Å². The van der Waals surface area contributed by atoms with Crippen molar-refractivity contribution in [3.05, 3.63) is 18.0 Å². The lowest BCUT2D eigenvalue weighted by Gasteiger charge is -2.18. The number of hydrogen-bond acceptors (Lipinski definition) is 2. The van der Waals surface area contributed by atoms with Crippen LogP contribution in [0.1, 0.15) is 19.4 Å². The second kappa shape index (κ2) is 4.79. The first kappa shape index (κ1) is 10.8. The number of carbonyl (C=O) groups excluding carboxylic acids is 1. The molecule has 1 aromatic heterocycles. The summed E-state index contributed by atoms with van der Waals surface area (Å²) < 4.78 is 1.62. The van der Waals surface area contributed by atoms with Crippen LogP contribution >= 0.6 is 0 Å². The van der Waals surface area contributed by atoms with Gasteiger partial charge in [0.25, 0.3) is 0 Å². The van der Waals surface area contributed by atoms with Crippen molar-refractivity contribution in [2.75, 3.05) is 13.1 Å². The number of amides is 1. The van der Waals surface area contributed by atoms with Gasteiger partial charge in [-0.25, -0.2) is 0 Å². The summed E-state index contributed by atoms with van der Waals surface area (Å²) in [7, 11) is 0. The Hall–Kier alpha value is -1.32. The van der Waals surface area contributed by atoms with Crippen molar-refractivity contribution in [1.29, 1.82) is 0 Å². The van der Waals surface area contributed by atoms with Crippen molar-refractivity contribution in [2.24, 2.45) is 0 Å². The lowest BCUT2D eigenvalue weighted by atomic mass is 10.4. The summed E-state index contributed by atoms with van der Waals surface area (Å²) in [5, 5.41) is 3.95. The molecule has 4 heteroatoms. The number of hydrogen-bond donors (Lipinski definition) is 0. The SMILES string of the molecule is CCN(CC)C(=O)Cn1cc(C)[c]n1. The minimum absolute atomic E-state index is 0.103. The van der Waals surface area contributed by atoms with Crippen molar-refractivity contribution in [3.63, 3.8) is 0 Å². The van der Waals surface area contributed by atoms with Crippen molar-refractivity contribution in [3.8, 4) is 0 Å². The Morgan fingerprint density at radius 2 is 2.21 bits per heavy atom. The average molecular weight is 194 g/mol. The van der Waals surface area contributed by atoms with E-state index in [-0.39, 0.29) is 5.91 Å². The Labute approximate surface area is 84.5 Å². The number of aromatic nitrogens is 2. The van der Waals surface area contributed by atoms with Gasteiger partial charge in [-0.3, -0.25) is 9.48 Å². The van der Waals surface area contributed by atoms with Crippen LogP contribution in [0.4, 0.5) is 0 Å². The monoisotopic (exact) mass is 194 g/mol. The molecule has 0 aromatic carbocycles. The third-order valence-electron chi connectivity index (χ3n) is 2.11. The molecule has 1 aromatic rings. The molecule has 1 heterocycles. The molecule has 0 unspecified atom stereocenters. The molecule has 1 amide bonds. The van der Waals surface area contributed by atoms with Crippen LogP contribution in [0.15, 0.2) is 6.20 Å². The van der Waals surface area contributed by atoms with E-state index in [0.29, 0.717) is 6.54 Å². The van der Waals surface area contributed by atoms with Crippen LogP contribution in [0.5, 0.6) is 0 Å². The molecule has 0 saturated carbocycles. The summed E-state index contributed by atoms with van der Waals surface area (Å²) in [6.45, 7) is 7.67. The van der Waals surface area contributed by atoms with Gasteiger partial charge < -0.3 is 4.90 Å². The van der Waals surface area contributed by atoms with E-state index in [1.165, 1.54) is 0 Å². The highest BCUT2D eigenvalue weighted by molar-refractivity contribution is 5.75. The molecule has 1 rings (SSSR count). The summed E-state index contributed by atoms with van der Waals surface area (Å²) >= 11 is 0. The molecular weight excluding hydrogens is 178 g/mol. The maximum Gasteiger partial charge on any atom is 0.244 e. The Morgan fingerprint density at radius 1 is 1.57 bits per heavy atom. The number of likely N-dealkylation sites (N-methyl/N-ethyl adjacent to an activating group) is 1. The fourth-order valence-corrected chi connectivity index (χ4v) is 1.32. The van der Waals surface area contributed by atoms with Gasteiger partial charge in [-0.1, -0.05) is 0 Å². The fraction of sp³-hybridized carbons (Fsp3) is 0.600. The topological polar surface area (TPSA) is 38.1 Å². The molecule has 0 fully saturated rings. The van der Waals surface area contributed by atoms with Crippen molar-refractivity contribution < 1.29 is 4.79 Å². The molecule has 1 radical (unpaired) electrons. The molecule has 0 bridgehead atoms. The summed E-state index contributed by atoms with van der Waals surface area (Å²) in [6, 6.07) is 0. The molecule has 0 saturated heterocycles. The van der Waals surface area contributed by atoms with Crippen molar-refractivity contribution in [2.45, 2.75) is 27.3 Å². The molecule has 0 atom stereocenters. The first-order chi connectivity index (χ1) is 6.67. The summed E-state index contributed by atoms with van der Waals surface area (Å²) in [5.74, 6) is 0.103. The predicted octanol–water partition coefficient (Wildman–Crippen LogP) is 0.860. The zero-order valence-electron chi connectivity index (χ0n) is 8.95. The van der Waals surface area contributed by atoms with Gasteiger partial charge in [-0.15, -0.1) is 0 Å². The van der Waals surface area contributed by atoms with Crippen molar-refractivity contribution in [1.82, 2.24) is 14.7 Å². The number of carbonyl (C=O) groups is 1. The molecular formula is C10H16N3O. The van der Waals surface area contributed by atoms with Crippen LogP contribution in [0.3, 0.4) is 0 Å². The van der Waals surface area contributed by atoms with Gasteiger partial charge in [0.1, 0.15) is 12.7 Å². The van der Waals surface area contributed by atoms with E-state index < -0.39 is 0 Å². The normalized spacial score (nSPS) is 10.2. The first-order valence-corrected chi connectivity index (χ1v) is 4.86. The van der Waals surface area contributed by atoms with E-state index in [0.717, 1.165) is 18.7 Å². The van der Waals surface area contributed by atoms with E-state index in [1.807, 2.05) is 27.0 Å². The smallest absolute Gasteiger partial charge is 0.244 e. The lowest BCUT2D eigenvalue weighted by molar-refractivity contribution is -0.131. The highest BCUT2D eigenvalue weighted by Gasteiger charge is 2.10. The average Bonchev–Trinajstić information content (AvgIpc) is 2.53. The fourth-order valence-electron chi connectivity index (χ4n) is 1.32. The molecule has 77 valence electrons. The van der Waals surface area contributed by atoms with E-state index in [9.17, 15) is 4.79 Å². The van der Waals surface area contributed by atoms with Gasteiger partial charge in [0.15, 0.2) is 0 Å².